The van der Waals surface area contributed by atoms with E-state index in [-0.39, 0.29) is 28.0 Å². The third kappa shape index (κ3) is 2.77. The number of benzene rings is 2. The van der Waals surface area contributed by atoms with E-state index in [0.717, 1.165) is 0 Å². The molecule has 0 spiro atoms. The predicted molar refractivity (Wildman–Crippen MR) is 107 cm³/mol. The summed E-state index contributed by atoms with van der Waals surface area (Å²) >= 11 is 0. The van der Waals surface area contributed by atoms with Crippen LogP contribution in [-0.2, 0) is 19.7 Å². The number of hydrogen-bond acceptors (Lipinski definition) is 4. The Kier molecular flexibility index (Phi) is 5.08. The summed E-state index contributed by atoms with van der Waals surface area (Å²) in [6, 6.07) is 15.8. The van der Waals surface area contributed by atoms with Crippen molar-refractivity contribution in [2.75, 3.05) is 0 Å². The SMILES string of the molecule is C=C[C@H]1CC(S(=O)(=O)c2ccccc2)(S(=O)(=O)c2ccccc2)[C@@H](C)[C@@H]1C. The van der Waals surface area contributed by atoms with E-state index in [1.807, 2.05) is 6.92 Å². The highest BCUT2D eigenvalue weighted by Gasteiger charge is 2.65. The summed E-state index contributed by atoms with van der Waals surface area (Å²) in [5.74, 6) is -0.910. The monoisotopic (exact) mass is 404 g/mol. The minimum absolute atomic E-state index is 0.00723. The van der Waals surface area contributed by atoms with Crippen LogP contribution < -0.4 is 0 Å². The van der Waals surface area contributed by atoms with Crippen molar-refractivity contribution < 1.29 is 16.8 Å². The Labute approximate surface area is 161 Å². The van der Waals surface area contributed by atoms with Gasteiger partial charge in [0.05, 0.1) is 9.79 Å². The van der Waals surface area contributed by atoms with Crippen molar-refractivity contribution in [3.05, 3.63) is 73.3 Å². The molecule has 0 bridgehead atoms. The van der Waals surface area contributed by atoms with Crippen LogP contribution in [0.1, 0.15) is 20.3 Å². The third-order valence-corrected chi connectivity index (χ3v) is 12.0. The van der Waals surface area contributed by atoms with Crippen LogP contribution >= 0.6 is 0 Å². The molecule has 3 rings (SSSR count). The van der Waals surface area contributed by atoms with E-state index in [1.165, 1.54) is 24.3 Å². The summed E-state index contributed by atoms with van der Waals surface area (Å²) in [7, 11) is -8.33. The fraction of sp³-hybridized carbons (Fsp3) is 0.333. The highest BCUT2D eigenvalue weighted by Crippen LogP contribution is 2.55. The maximum absolute atomic E-state index is 13.8. The van der Waals surface area contributed by atoms with Gasteiger partial charge in [-0.1, -0.05) is 56.3 Å². The molecule has 1 aliphatic rings. The average Bonchev–Trinajstić information content (AvgIpc) is 2.96. The Balaban J connectivity index is 2.35. The quantitative estimate of drug-likeness (QED) is 0.704. The Morgan fingerprint density at radius 1 is 0.852 bits per heavy atom. The lowest BCUT2D eigenvalue weighted by molar-refractivity contribution is 0.391. The molecule has 1 aliphatic carbocycles. The third-order valence-electron chi connectivity index (χ3n) is 6.00. The Morgan fingerprint density at radius 3 is 1.59 bits per heavy atom. The molecular weight excluding hydrogens is 380 g/mol. The molecule has 144 valence electrons. The van der Waals surface area contributed by atoms with E-state index in [0.29, 0.717) is 0 Å². The van der Waals surface area contributed by atoms with Crippen LogP contribution in [0.15, 0.2) is 83.1 Å². The largest absolute Gasteiger partial charge is 0.222 e. The summed E-state index contributed by atoms with van der Waals surface area (Å²) < 4.78 is 53.2. The van der Waals surface area contributed by atoms with Gasteiger partial charge in [0, 0.05) is 0 Å². The molecule has 1 fully saturated rings. The number of rotatable bonds is 5. The van der Waals surface area contributed by atoms with E-state index in [4.69, 9.17) is 0 Å². The summed E-state index contributed by atoms with van der Waals surface area (Å²) in [5, 5.41) is 0. The molecular formula is C21H24O4S2. The highest BCUT2D eigenvalue weighted by molar-refractivity contribution is 8.10. The van der Waals surface area contributed by atoms with Gasteiger partial charge < -0.3 is 0 Å². The van der Waals surface area contributed by atoms with Crippen molar-refractivity contribution in [2.45, 2.75) is 34.1 Å². The second-order valence-corrected chi connectivity index (χ2v) is 11.9. The first-order valence-electron chi connectivity index (χ1n) is 8.92. The van der Waals surface area contributed by atoms with Crippen LogP contribution in [0.3, 0.4) is 0 Å². The lowest BCUT2D eigenvalue weighted by Crippen LogP contribution is -2.49. The van der Waals surface area contributed by atoms with Crippen LogP contribution in [0.4, 0.5) is 0 Å². The van der Waals surface area contributed by atoms with Crippen LogP contribution in [0.2, 0.25) is 0 Å². The smallest absolute Gasteiger partial charge is 0.199 e. The van der Waals surface area contributed by atoms with Crippen molar-refractivity contribution in [1.82, 2.24) is 0 Å². The highest BCUT2D eigenvalue weighted by atomic mass is 32.3. The van der Waals surface area contributed by atoms with Gasteiger partial charge in [-0.15, -0.1) is 6.58 Å². The normalized spacial score (nSPS) is 25.2. The second kappa shape index (κ2) is 6.91. The second-order valence-electron chi connectivity index (χ2n) is 7.20. The van der Waals surface area contributed by atoms with Crippen molar-refractivity contribution in [3.8, 4) is 0 Å². The summed E-state index contributed by atoms with van der Waals surface area (Å²) in [5.41, 5.74) is 0. The molecule has 0 aliphatic heterocycles. The standard InChI is InChI=1S/C21H24O4S2/c1-4-18-15-21(17(3)16(18)2,26(22,23)19-11-7-5-8-12-19)27(24,25)20-13-9-6-10-14-20/h4-14,16-18H,1,15H2,2-3H3/t16-,17-,18-/m0/s1. The van der Waals surface area contributed by atoms with Crippen molar-refractivity contribution in [3.63, 3.8) is 0 Å². The van der Waals surface area contributed by atoms with Crippen LogP contribution in [0.5, 0.6) is 0 Å². The number of allylic oxidation sites excluding steroid dienone is 1. The van der Waals surface area contributed by atoms with Crippen LogP contribution in [-0.4, -0.2) is 20.9 Å². The van der Waals surface area contributed by atoms with Crippen molar-refractivity contribution in [2.24, 2.45) is 17.8 Å². The lowest BCUT2D eigenvalue weighted by atomic mass is 9.93. The summed E-state index contributed by atoms with van der Waals surface area (Å²) in [6.07, 6.45) is 1.69. The Bertz CT molecular complexity index is 957. The Hall–Kier alpha value is -1.92. The molecule has 0 heterocycles. The topological polar surface area (TPSA) is 68.3 Å². The van der Waals surface area contributed by atoms with Gasteiger partial charge >= 0.3 is 0 Å². The van der Waals surface area contributed by atoms with E-state index < -0.39 is 29.7 Å². The zero-order valence-corrected chi connectivity index (χ0v) is 17.1. The summed E-state index contributed by atoms with van der Waals surface area (Å²) in [6.45, 7) is 7.45. The minimum Gasteiger partial charge on any atom is -0.222 e. The lowest BCUT2D eigenvalue weighted by Gasteiger charge is -2.34. The molecule has 0 amide bonds. The molecule has 0 N–H and O–H groups in total. The Morgan fingerprint density at radius 2 is 1.26 bits per heavy atom. The first-order valence-corrected chi connectivity index (χ1v) is 11.9. The maximum Gasteiger partial charge on any atom is 0.199 e. The van der Waals surface area contributed by atoms with Gasteiger partial charge in [0.25, 0.3) is 0 Å². The van der Waals surface area contributed by atoms with Crippen molar-refractivity contribution in [1.29, 1.82) is 0 Å². The summed E-state index contributed by atoms with van der Waals surface area (Å²) in [4.78, 5) is 0.0709. The number of hydrogen-bond donors (Lipinski definition) is 0. The molecule has 2 aromatic carbocycles. The predicted octanol–water partition coefficient (Wildman–Crippen LogP) is 4.11. The van der Waals surface area contributed by atoms with Crippen LogP contribution in [0, 0.1) is 17.8 Å². The molecule has 6 heteroatoms. The van der Waals surface area contributed by atoms with Gasteiger partial charge in [-0.05, 0) is 48.4 Å². The first-order chi connectivity index (χ1) is 12.7. The first kappa shape index (κ1) is 19.8. The average molecular weight is 405 g/mol. The van der Waals surface area contributed by atoms with E-state index in [1.54, 1.807) is 49.4 Å². The van der Waals surface area contributed by atoms with Gasteiger partial charge in [0.15, 0.2) is 23.8 Å². The number of sulfone groups is 2. The molecule has 0 saturated heterocycles. The van der Waals surface area contributed by atoms with E-state index in [9.17, 15) is 16.8 Å². The van der Waals surface area contributed by atoms with Gasteiger partial charge in [0.1, 0.15) is 0 Å². The van der Waals surface area contributed by atoms with Gasteiger partial charge in [-0.2, -0.15) is 0 Å². The minimum atomic E-state index is -4.17. The molecule has 0 radical (unpaired) electrons. The fourth-order valence-electron chi connectivity index (χ4n) is 4.22. The molecule has 3 atom stereocenters. The molecule has 0 unspecified atom stereocenters. The van der Waals surface area contributed by atoms with Crippen molar-refractivity contribution >= 4 is 19.7 Å². The van der Waals surface area contributed by atoms with Gasteiger partial charge in [-0.25, -0.2) is 16.8 Å². The molecule has 4 nitrogen and oxygen atoms in total. The molecule has 2 aromatic rings. The van der Waals surface area contributed by atoms with Crippen LogP contribution in [0.25, 0.3) is 0 Å². The van der Waals surface area contributed by atoms with E-state index >= 15 is 0 Å². The molecule has 27 heavy (non-hydrogen) atoms. The molecule has 1 saturated carbocycles. The maximum atomic E-state index is 13.8. The zero-order chi connectivity index (χ0) is 19.9. The van der Waals surface area contributed by atoms with Gasteiger partial charge in [0.2, 0.25) is 0 Å². The fourth-order valence-corrected chi connectivity index (χ4v) is 10.0. The van der Waals surface area contributed by atoms with Gasteiger partial charge in [-0.3, -0.25) is 0 Å². The zero-order valence-electron chi connectivity index (χ0n) is 15.4. The van der Waals surface area contributed by atoms with E-state index in [2.05, 4.69) is 6.58 Å². The molecule has 0 aromatic heterocycles.